The topological polar surface area (TPSA) is 79.7 Å². The number of nitrogens with two attached hydrogens (primary N) is 2. The molecule has 0 aromatic heterocycles. The van der Waals surface area contributed by atoms with Crippen LogP contribution in [0, 0.1) is 0 Å². The van der Waals surface area contributed by atoms with Crippen LogP contribution in [-0.4, -0.2) is 27.9 Å². The monoisotopic (exact) mass is 290 g/mol. The first-order valence-corrected chi connectivity index (χ1v) is 5.93. The van der Waals surface area contributed by atoms with E-state index in [0.29, 0.717) is 23.8 Å². The number of hydrogen-bond donors (Lipinski definition) is 2. The van der Waals surface area contributed by atoms with Gasteiger partial charge in [-0.3, -0.25) is 0 Å². The lowest BCUT2D eigenvalue weighted by Crippen LogP contribution is -2.13. The Morgan fingerprint density at radius 3 is 1.95 bits per heavy atom. The molecule has 0 saturated carbocycles. The van der Waals surface area contributed by atoms with Crippen LogP contribution in [-0.2, 0) is 0 Å². The standard InChI is InChI=1S/C13H22N2O3.ClH/c1-16-11-7-9(10(15)5-4-6-14)8-12(17-2)13(11)18-3;/h7-8,10H,4-6,14-15H2,1-3H3;1H/t10-;/m1./s1. The maximum absolute atomic E-state index is 6.11. The number of hydrogen-bond acceptors (Lipinski definition) is 5. The first-order chi connectivity index (χ1) is 8.67. The Hall–Kier alpha value is -1.17. The number of halogens is 1. The zero-order chi connectivity index (χ0) is 13.5. The molecule has 0 amide bonds. The van der Waals surface area contributed by atoms with Gasteiger partial charge in [-0.1, -0.05) is 0 Å². The van der Waals surface area contributed by atoms with Gasteiger partial charge in [0.2, 0.25) is 5.75 Å². The predicted octanol–water partition coefficient (Wildman–Crippen LogP) is 1.87. The summed E-state index contributed by atoms with van der Waals surface area (Å²) in [6.07, 6.45) is 1.72. The molecule has 0 aliphatic heterocycles. The smallest absolute Gasteiger partial charge is 0.203 e. The molecular formula is C13H23ClN2O3. The molecule has 0 heterocycles. The molecule has 0 radical (unpaired) electrons. The van der Waals surface area contributed by atoms with Crippen LogP contribution in [0.25, 0.3) is 0 Å². The normalized spacial score (nSPS) is 11.4. The Morgan fingerprint density at radius 1 is 1.05 bits per heavy atom. The van der Waals surface area contributed by atoms with E-state index in [-0.39, 0.29) is 18.4 Å². The Balaban J connectivity index is 0.00000324. The number of methoxy groups -OCH3 is 3. The third-order valence-corrected chi connectivity index (χ3v) is 2.83. The first-order valence-electron chi connectivity index (χ1n) is 5.93. The predicted molar refractivity (Wildman–Crippen MR) is 78.6 cm³/mol. The molecule has 1 atom stereocenters. The Kier molecular flexibility index (Phi) is 8.30. The maximum atomic E-state index is 6.11. The molecule has 4 N–H and O–H groups in total. The highest BCUT2D eigenvalue weighted by Gasteiger charge is 2.16. The number of benzene rings is 1. The van der Waals surface area contributed by atoms with Crippen molar-refractivity contribution in [3.63, 3.8) is 0 Å². The van der Waals surface area contributed by atoms with Crippen molar-refractivity contribution in [1.82, 2.24) is 0 Å². The van der Waals surface area contributed by atoms with Crippen molar-refractivity contribution < 1.29 is 14.2 Å². The summed E-state index contributed by atoms with van der Waals surface area (Å²) in [5.74, 6) is 1.82. The summed E-state index contributed by atoms with van der Waals surface area (Å²) < 4.78 is 15.8. The molecule has 1 aromatic rings. The fourth-order valence-corrected chi connectivity index (χ4v) is 1.82. The molecule has 0 aliphatic rings. The van der Waals surface area contributed by atoms with E-state index < -0.39 is 0 Å². The SMILES string of the molecule is COc1cc([C@H](N)CCCN)cc(OC)c1OC.Cl. The van der Waals surface area contributed by atoms with Gasteiger partial charge in [-0.15, -0.1) is 12.4 Å². The highest BCUT2D eigenvalue weighted by molar-refractivity contribution is 5.85. The fourth-order valence-electron chi connectivity index (χ4n) is 1.82. The van der Waals surface area contributed by atoms with Crippen LogP contribution in [0.5, 0.6) is 17.2 Å². The number of ether oxygens (including phenoxy) is 3. The summed E-state index contributed by atoms with van der Waals surface area (Å²) in [7, 11) is 4.76. The third kappa shape index (κ3) is 4.45. The van der Waals surface area contributed by atoms with Crippen LogP contribution in [0.1, 0.15) is 24.4 Å². The number of rotatable bonds is 7. The van der Waals surface area contributed by atoms with E-state index in [1.165, 1.54) is 0 Å². The molecule has 0 aliphatic carbocycles. The van der Waals surface area contributed by atoms with Gasteiger partial charge in [0.15, 0.2) is 11.5 Å². The lowest BCUT2D eigenvalue weighted by molar-refractivity contribution is 0.323. The van der Waals surface area contributed by atoms with Crippen LogP contribution in [0.4, 0.5) is 0 Å². The van der Waals surface area contributed by atoms with Crippen LogP contribution in [0.3, 0.4) is 0 Å². The van der Waals surface area contributed by atoms with Gasteiger partial charge in [0.25, 0.3) is 0 Å². The average Bonchev–Trinajstić information content (AvgIpc) is 2.42. The van der Waals surface area contributed by atoms with Gasteiger partial charge in [-0.2, -0.15) is 0 Å². The van der Waals surface area contributed by atoms with Gasteiger partial charge in [0, 0.05) is 6.04 Å². The van der Waals surface area contributed by atoms with E-state index in [2.05, 4.69) is 0 Å². The molecular weight excluding hydrogens is 268 g/mol. The lowest BCUT2D eigenvalue weighted by Gasteiger charge is -2.17. The van der Waals surface area contributed by atoms with E-state index in [1.807, 2.05) is 12.1 Å². The summed E-state index contributed by atoms with van der Waals surface area (Å²) in [6.45, 7) is 0.637. The zero-order valence-electron chi connectivity index (χ0n) is 11.6. The first kappa shape index (κ1) is 17.8. The highest BCUT2D eigenvalue weighted by Crippen LogP contribution is 2.39. The summed E-state index contributed by atoms with van der Waals surface area (Å²) in [5, 5.41) is 0. The summed E-state index contributed by atoms with van der Waals surface area (Å²) in [5.41, 5.74) is 12.6. The Morgan fingerprint density at radius 2 is 1.58 bits per heavy atom. The third-order valence-electron chi connectivity index (χ3n) is 2.83. The average molecular weight is 291 g/mol. The second-order valence-corrected chi connectivity index (χ2v) is 4.00. The van der Waals surface area contributed by atoms with Crippen molar-refractivity contribution in [2.45, 2.75) is 18.9 Å². The highest BCUT2D eigenvalue weighted by atomic mass is 35.5. The van der Waals surface area contributed by atoms with Gasteiger partial charge in [0.1, 0.15) is 0 Å². The van der Waals surface area contributed by atoms with Gasteiger partial charge in [-0.05, 0) is 37.1 Å². The van der Waals surface area contributed by atoms with Gasteiger partial charge >= 0.3 is 0 Å². The molecule has 0 fully saturated rings. The molecule has 1 rings (SSSR count). The minimum Gasteiger partial charge on any atom is -0.493 e. The Bertz CT molecular complexity index is 363. The Labute approximate surface area is 120 Å². The van der Waals surface area contributed by atoms with Gasteiger partial charge in [0.05, 0.1) is 21.3 Å². The molecule has 6 heteroatoms. The molecule has 110 valence electrons. The van der Waals surface area contributed by atoms with E-state index in [4.69, 9.17) is 25.7 Å². The molecule has 19 heavy (non-hydrogen) atoms. The quantitative estimate of drug-likeness (QED) is 0.801. The fraction of sp³-hybridized carbons (Fsp3) is 0.538. The van der Waals surface area contributed by atoms with E-state index in [1.54, 1.807) is 21.3 Å². The molecule has 0 saturated heterocycles. The van der Waals surface area contributed by atoms with E-state index in [9.17, 15) is 0 Å². The molecule has 0 spiro atoms. The molecule has 5 nitrogen and oxygen atoms in total. The van der Waals surface area contributed by atoms with Gasteiger partial charge < -0.3 is 25.7 Å². The van der Waals surface area contributed by atoms with Crippen LogP contribution >= 0.6 is 12.4 Å². The van der Waals surface area contributed by atoms with Crippen LogP contribution in [0.15, 0.2) is 12.1 Å². The summed E-state index contributed by atoms with van der Waals surface area (Å²) in [6, 6.07) is 3.67. The van der Waals surface area contributed by atoms with Crippen molar-refractivity contribution in [1.29, 1.82) is 0 Å². The summed E-state index contributed by atoms with van der Waals surface area (Å²) in [4.78, 5) is 0. The van der Waals surface area contributed by atoms with Crippen molar-refractivity contribution >= 4 is 12.4 Å². The van der Waals surface area contributed by atoms with Crippen molar-refractivity contribution in [3.8, 4) is 17.2 Å². The van der Waals surface area contributed by atoms with E-state index >= 15 is 0 Å². The minimum absolute atomic E-state index is 0. The largest absolute Gasteiger partial charge is 0.493 e. The van der Waals surface area contributed by atoms with Crippen LogP contribution in [0.2, 0.25) is 0 Å². The molecule has 0 unspecified atom stereocenters. The van der Waals surface area contributed by atoms with Gasteiger partial charge in [-0.25, -0.2) is 0 Å². The maximum Gasteiger partial charge on any atom is 0.203 e. The zero-order valence-corrected chi connectivity index (χ0v) is 12.5. The van der Waals surface area contributed by atoms with Crippen molar-refractivity contribution in [2.75, 3.05) is 27.9 Å². The van der Waals surface area contributed by atoms with Crippen LogP contribution < -0.4 is 25.7 Å². The second-order valence-electron chi connectivity index (χ2n) is 4.00. The molecule has 0 bridgehead atoms. The lowest BCUT2D eigenvalue weighted by atomic mass is 10.0. The minimum atomic E-state index is -0.0812. The summed E-state index contributed by atoms with van der Waals surface area (Å²) >= 11 is 0. The van der Waals surface area contributed by atoms with Crippen molar-refractivity contribution in [3.05, 3.63) is 17.7 Å². The molecule has 1 aromatic carbocycles. The second kappa shape index (κ2) is 8.85. The van der Waals surface area contributed by atoms with Crippen molar-refractivity contribution in [2.24, 2.45) is 11.5 Å². The van der Waals surface area contributed by atoms with E-state index in [0.717, 1.165) is 18.4 Å².